The minimum atomic E-state index is -2.10. The van der Waals surface area contributed by atoms with Crippen LogP contribution in [0.4, 0.5) is 21.0 Å². The highest BCUT2D eigenvalue weighted by Gasteiger charge is 2.85. The summed E-state index contributed by atoms with van der Waals surface area (Å²) >= 11 is 1.53. The van der Waals surface area contributed by atoms with E-state index in [0.717, 1.165) is 17.7 Å². The third-order valence-corrected chi connectivity index (χ3v) is 10.9. The van der Waals surface area contributed by atoms with Gasteiger partial charge in [0.1, 0.15) is 28.1 Å². The first kappa shape index (κ1) is 44.9. The van der Waals surface area contributed by atoms with Gasteiger partial charge in [-0.3, -0.25) is 25.0 Å². The fourth-order valence-corrected chi connectivity index (χ4v) is 8.08. The molecule has 0 bridgehead atoms. The van der Waals surface area contributed by atoms with Crippen LogP contribution in [-0.4, -0.2) is 51.3 Å². The zero-order chi connectivity index (χ0) is 44.0. The lowest BCUT2D eigenvalue weighted by Gasteiger charge is -2.21. The van der Waals surface area contributed by atoms with Crippen molar-refractivity contribution in [2.75, 3.05) is 10.6 Å². The molecule has 1 aromatic heterocycles. The first-order chi connectivity index (χ1) is 28.2. The Balaban J connectivity index is 1.49. The monoisotopic (exact) mass is 836 g/mol. The molecule has 4 aromatic rings. The summed E-state index contributed by atoms with van der Waals surface area (Å²) in [6.07, 6.45) is 1.40. The van der Waals surface area contributed by atoms with Gasteiger partial charge < -0.3 is 24.4 Å². The highest BCUT2D eigenvalue weighted by Crippen LogP contribution is 2.79. The number of rotatable bonds is 16. The summed E-state index contributed by atoms with van der Waals surface area (Å²) < 4.78 is 16.9. The quantitative estimate of drug-likeness (QED) is 0.0627. The van der Waals surface area contributed by atoms with Gasteiger partial charge in [0.2, 0.25) is 0 Å². The van der Waals surface area contributed by atoms with Crippen LogP contribution in [0.2, 0.25) is 0 Å². The van der Waals surface area contributed by atoms with Crippen molar-refractivity contribution in [1.82, 2.24) is 0 Å². The van der Waals surface area contributed by atoms with E-state index in [1.54, 1.807) is 90.1 Å². The maximum atomic E-state index is 14.1. The number of ketones is 1. The molecule has 0 spiro atoms. The first-order valence-corrected chi connectivity index (χ1v) is 20.5. The van der Waals surface area contributed by atoms with Crippen LogP contribution in [0.1, 0.15) is 106 Å². The molecule has 3 atom stereocenters. The number of allylic oxidation sites excluding steroid dienone is 2. The number of hydrogen-bond donors (Lipinski definition) is 4. The number of nitrogens with one attached hydrogen (secondary N) is 2. The molecule has 1 aliphatic rings. The largest absolute Gasteiger partial charge is 0.481 e. The Kier molecular flexibility index (Phi) is 13.4. The van der Waals surface area contributed by atoms with E-state index in [1.807, 2.05) is 23.6 Å². The highest BCUT2D eigenvalue weighted by molar-refractivity contribution is 7.11. The molecule has 12 nitrogen and oxygen atoms in total. The van der Waals surface area contributed by atoms with E-state index in [0.29, 0.717) is 39.6 Å². The van der Waals surface area contributed by atoms with Gasteiger partial charge in [0, 0.05) is 29.3 Å². The fraction of sp³-hybridized carbons (Fsp3) is 0.340. The number of thiophene rings is 1. The van der Waals surface area contributed by atoms with E-state index < -0.39 is 64.3 Å². The number of benzene rings is 3. The molecule has 0 radical (unpaired) electrons. The van der Waals surface area contributed by atoms with E-state index in [4.69, 9.17) is 14.2 Å². The van der Waals surface area contributed by atoms with Crippen molar-refractivity contribution in [3.8, 4) is 5.75 Å². The molecule has 1 saturated carbocycles. The smallest absolute Gasteiger partial charge is 0.412 e. The maximum Gasteiger partial charge on any atom is 0.412 e. The van der Waals surface area contributed by atoms with Crippen LogP contribution >= 0.6 is 11.3 Å². The Labute approximate surface area is 354 Å². The average Bonchev–Trinajstić information content (AvgIpc) is 3.41. The molecule has 3 aromatic carbocycles. The third kappa shape index (κ3) is 10.3. The van der Waals surface area contributed by atoms with Crippen LogP contribution in [0.15, 0.2) is 103 Å². The highest BCUT2D eigenvalue weighted by atomic mass is 32.1. The van der Waals surface area contributed by atoms with Crippen LogP contribution < -0.4 is 15.4 Å². The molecule has 1 heterocycles. The van der Waals surface area contributed by atoms with Gasteiger partial charge in [-0.05, 0) is 137 Å². The van der Waals surface area contributed by atoms with E-state index in [9.17, 15) is 34.2 Å². The molecular weight excluding hydrogens is 785 g/mol. The fourth-order valence-electron chi connectivity index (χ4n) is 7.38. The lowest BCUT2D eigenvalue weighted by atomic mass is 9.81. The third-order valence-electron chi connectivity index (χ3n) is 10.0. The summed E-state index contributed by atoms with van der Waals surface area (Å²) in [5, 5.41) is 29.4. The van der Waals surface area contributed by atoms with Gasteiger partial charge in [-0.2, -0.15) is 0 Å². The molecule has 4 N–H and O–H groups in total. The predicted octanol–water partition coefficient (Wildman–Crippen LogP) is 11.3. The van der Waals surface area contributed by atoms with E-state index in [2.05, 4.69) is 24.1 Å². The lowest BCUT2D eigenvalue weighted by molar-refractivity contribution is -0.153. The molecule has 13 heteroatoms. The van der Waals surface area contributed by atoms with E-state index >= 15 is 0 Å². The summed E-state index contributed by atoms with van der Waals surface area (Å²) in [7, 11) is 0. The SMILES string of the molecule is C=C(CC1(C(=O)O)C(c2ccc(O/C(=C\CCC)c3cccs3)cc2)C1(CC(=O)c1ccc(NC(=O)OC(C)(C)C)cc1)C(=O)O)c1ccc(NC(=O)OC(C)(C)C)cc1. The molecule has 3 unspecified atom stereocenters. The van der Waals surface area contributed by atoms with Crippen LogP contribution in [0, 0.1) is 10.8 Å². The van der Waals surface area contributed by atoms with Crippen LogP contribution in [-0.2, 0) is 19.1 Å². The number of aliphatic carboxylic acids is 2. The topological polar surface area (TPSA) is 178 Å². The van der Waals surface area contributed by atoms with Gasteiger partial charge in [-0.25, -0.2) is 9.59 Å². The second-order valence-electron chi connectivity index (χ2n) is 16.8. The Morgan fingerprint density at radius 1 is 0.733 bits per heavy atom. The van der Waals surface area contributed by atoms with Crippen LogP contribution in [0.5, 0.6) is 5.75 Å². The standard InChI is InChI=1S/C47H52N2O10S/c1-9-10-12-37(38-13-11-26-60-38)57-35-24-18-32(19-25-35)39-46(40(51)52,27-29(2)30-14-20-33(21-15-30)48-42(55)58-44(3,4)5)47(39,41(53)54)28-36(50)31-16-22-34(23-17-31)49-43(56)59-45(6,7)8/h11-26,39H,2,9-10,27-28H2,1,3-8H3,(H,48,55)(H,49,56)(H,51,52)(H,53,54)/b37-12-. The molecule has 316 valence electrons. The Morgan fingerprint density at radius 2 is 1.23 bits per heavy atom. The molecule has 1 aliphatic carbocycles. The average molecular weight is 837 g/mol. The number of Topliss-reactive ketones (excluding diaryl/α,β-unsaturated/α-hetero) is 1. The normalized spacial score (nSPS) is 18.8. The predicted molar refractivity (Wildman–Crippen MR) is 232 cm³/mol. The second-order valence-corrected chi connectivity index (χ2v) is 17.7. The number of unbranched alkanes of at least 4 members (excludes halogenated alkanes) is 1. The molecule has 60 heavy (non-hydrogen) atoms. The zero-order valence-electron chi connectivity index (χ0n) is 34.9. The summed E-state index contributed by atoms with van der Waals surface area (Å²) in [4.78, 5) is 67.1. The van der Waals surface area contributed by atoms with Crippen molar-refractivity contribution in [3.63, 3.8) is 0 Å². The van der Waals surface area contributed by atoms with Gasteiger partial charge in [-0.15, -0.1) is 11.3 Å². The zero-order valence-corrected chi connectivity index (χ0v) is 35.7. The van der Waals surface area contributed by atoms with Gasteiger partial charge in [0.15, 0.2) is 5.78 Å². The van der Waals surface area contributed by atoms with Gasteiger partial charge in [0.25, 0.3) is 0 Å². The summed E-state index contributed by atoms with van der Waals surface area (Å²) in [6.45, 7) is 16.7. The number of amides is 2. The number of carboxylic acids is 2. The van der Waals surface area contributed by atoms with Crippen molar-refractivity contribution in [3.05, 3.63) is 125 Å². The van der Waals surface area contributed by atoms with Crippen molar-refractivity contribution in [2.45, 2.75) is 91.3 Å². The minimum absolute atomic E-state index is 0.130. The number of anilines is 2. The van der Waals surface area contributed by atoms with E-state index in [1.165, 1.54) is 35.6 Å². The number of ether oxygens (including phenoxy) is 3. The van der Waals surface area contributed by atoms with Crippen molar-refractivity contribution in [1.29, 1.82) is 0 Å². The van der Waals surface area contributed by atoms with Crippen molar-refractivity contribution >= 4 is 64.0 Å². The van der Waals surface area contributed by atoms with Gasteiger partial charge in [0.05, 0.1) is 10.3 Å². The first-order valence-electron chi connectivity index (χ1n) is 19.6. The van der Waals surface area contributed by atoms with Crippen molar-refractivity contribution < 1.29 is 48.4 Å². The Bertz CT molecular complexity index is 2140. The molecule has 0 saturated heterocycles. The lowest BCUT2D eigenvalue weighted by Crippen LogP contribution is -2.32. The van der Waals surface area contributed by atoms with E-state index in [-0.39, 0.29) is 12.0 Å². The molecular formula is C47H52N2O10S. The maximum absolute atomic E-state index is 14.1. The number of hydrogen-bond acceptors (Lipinski definition) is 9. The number of carbonyl (C=O) groups excluding carboxylic acids is 3. The summed E-state index contributed by atoms with van der Waals surface area (Å²) in [6, 6.07) is 22.9. The summed E-state index contributed by atoms with van der Waals surface area (Å²) in [5.74, 6) is -3.46. The van der Waals surface area contributed by atoms with Gasteiger partial charge >= 0.3 is 24.1 Å². The molecule has 1 fully saturated rings. The molecule has 5 rings (SSSR count). The number of carbonyl (C=O) groups is 5. The number of carboxylic acid groups (broad SMARTS) is 2. The second kappa shape index (κ2) is 18.0. The van der Waals surface area contributed by atoms with Crippen LogP contribution in [0.3, 0.4) is 0 Å². The molecule has 2 amide bonds. The van der Waals surface area contributed by atoms with Gasteiger partial charge in [-0.1, -0.05) is 50.3 Å². The van der Waals surface area contributed by atoms with Crippen LogP contribution in [0.25, 0.3) is 11.3 Å². The Morgan fingerprint density at radius 3 is 1.68 bits per heavy atom. The molecule has 0 aliphatic heterocycles. The summed E-state index contributed by atoms with van der Waals surface area (Å²) in [5.41, 5.74) is -3.43. The van der Waals surface area contributed by atoms with Crippen molar-refractivity contribution in [2.24, 2.45) is 10.8 Å². The minimum Gasteiger partial charge on any atom is -0.481 e. The Hall–Kier alpha value is -6.21.